The second-order valence-electron chi connectivity index (χ2n) is 13.7. The van der Waals surface area contributed by atoms with E-state index in [-0.39, 0.29) is 30.0 Å². The maximum atomic E-state index is 13.4. The van der Waals surface area contributed by atoms with Crippen LogP contribution in [-0.2, 0) is 36.9 Å². The molecule has 0 aliphatic carbocycles. The SMILES string of the molecule is CCC[C@@]1(CCc2ccccc2)CC(O)=C([C@H](CC)c2cccc(NS(=O)(=O)c3ccc(C(F)(F)F)cn3)c2)C(=O)O1.Nc1nc(=O)n([C@H]2C=C[C@@H](CO)O2)cc1F. The standard InChI is InChI=1S/C31H33F3N2O5S.C9H10FN3O3/c1-3-16-30(17-15-21-9-6-5-7-10-21)19-26(37)28(29(38)41-30)25(4-2)22-11-8-12-24(18-22)36-42(39,40)27-14-13-23(20-35-27)31(32,33)34;10-6-3-13(9(15)12-8(6)11)7-2-1-5(4-14)16-7/h5-14,18,20,25,36-37H,3-4,15-17,19H2,1-2H3;1-3,5,7,14H,4H2,(H2,11,12,15)/t25-,30-;5-,7+/m10/s1. The maximum absolute atomic E-state index is 13.4. The second kappa shape index (κ2) is 18.3. The molecule has 310 valence electrons. The Kier molecular flexibility index (Phi) is 13.8. The number of anilines is 2. The highest BCUT2D eigenvalue weighted by Crippen LogP contribution is 2.42. The van der Waals surface area contributed by atoms with E-state index in [2.05, 4.69) is 14.7 Å². The summed E-state index contributed by atoms with van der Waals surface area (Å²) in [5.41, 5.74) is 4.47. The molecule has 0 bridgehead atoms. The van der Waals surface area contributed by atoms with Crippen molar-refractivity contribution >= 4 is 27.5 Å². The molecule has 0 saturated carbocycles. The van der Waals surface area contributed by atoms with Crippen molar-refractivity contribution in [1.29, 1.82) is 0 Å². The third kappa shape index (κ3) is 10.5. The molecule has 0 amide bonds. The van der Waals surface area contributed by atoms with Crippen molar-refractivity contribution in [2.24, 2.45) is 0 Å². The first kappa shape index (κ1) is 43.5. The lowest BCUT2D eigenvalue weighted by Gasteiger charge is -2.38. The highest BCUT2D eigenvalue weighted by molar-refractivity contribution is 7.92. The first-order valence-corrected chi connectivity index (χ1v) is 19.8. The highest BCUT2D eigenvalue weighted by Gasteiger charge is 2.43. The minimum Gasteiger partial charge on any atom is -0.512 e. The summed E-state index contributed by atoms with van der Waals surface area (Å²) in [6.45, 7) is 3.63. The van der Waals surface area contributed by atoms with Gasteiger partial charge in [-0.1, -0.05) is 68.8 Å². The number of carbonyl (C=O) groups excluding carboxylic acids is 1. The molecule has 4 aromatic rings. The molecule has 0 spiro atoms. The van der Waals surface area contributed by atoms with Crippen molar-refractivity contribution < 1.29 is 50.5 Å². The van der Waals surface area contributed by atoms with E-state index in [1.54, 1.807) is 24.3 Å². The number of pyridine rings is 1. The number of cyclic esters (lactones) is 1. The number of aryl methyl sites for hydroxylation is 1. The van der Waals surface area contributed by atoms with Crippen LogP contribution in [0.25, 0.3) is 0 Å². The van der Waals surface area contributed by atoms with Gasteiger partial charge in [0.2, 0.25) is 0 Å². The van der Waals surface area contributed by atoms with Crippen LogP contribution in [0.3, 0.4) is 0 Å². The Bertz CT molecular complexity index is 2300. The predicted molar refractivity (Wildman–Crippen MR) is 205 cm³/mol. The molecule has 0 unspecified atom stereocenters. The summed E-state index contributed by atoms with van der Waals surface area (Å²) < 4.78 is 92.0. The number of aromatic nitrogens is 3. The number of nitrogens with two attached hydrogens (primary N) is 1. The lowest BCUT2D eigenvalue weighted by atomic mass is 9.80. The summed E-state index contributed by atoms with van der Waals surface area (Å²) in [5, 5.41) is 19.5. The predicted octanol–water partition coefficient (Wildman–Crippen LogP) is 6.74. The van der Waals surface area contributed by atoms with Crippen molar-refractivity contribution in [2.75, 3.05) is 17.1 Å². The molecular weight excluding hydrogens is 787 g/mol. The Morgan fingerprint density at radius 1 is 1.05 bits per heavy atom. The lowest BCUT2D eigenvalue weighted by molar-refractivity contribution is -0.161. The number of nitrogen functional groups attached to an aromatic ring is 1. The average molecular weight is 830 g/mol. The topological polar surface area (TPSA) is 196 Å². The fourth-order valence-corrected chi connectivity index (χ4v) is 7.74. The van der Waals surface area contributed by atoms with Gasteiger partial charge in [0.25, 0.3) is 10.0 Å². The van der Waals surface area contributed by atoms with Crippen molar-refractivity contribution in [3.8, 4) is 0 Å². The number of halogens is 4. The van der Waals surface area contributed by atoms with Crippen LogP contribution >= 0.6 is 0 Å². The molecule has 0 radical (unpaired) electrons. The number of aliphatic hydroxyl groups is 2. The van der Waals surface area contributed by atoms with Crippen LogP contribution in [0, 0.1) is 5.82 Å². The third-order valence-corrected chi connectivity index (χ3v) is 10.9. The van der Waals surface area contributed by atoms with E-state index >= 15 is 0 Å². The average Bonchev–Trinajstić information content (AvgIpc) is 3.67. The first-order chi connectivity index (χ1) is 27.5. The van der Waals surface area contributed by atoms with Crippen molar-refractivity contribution in [3.63, 3.8) is 0 Å². The third-order valence-electron chi connectivity index (χ3n) is 9.58. The molecule has 58 heavy (non-hydrogen) atoms. The Balaban J connectivity index is 0.000000332. The Labute approximate surface area is 331 Å². The zero-order valence-corrected chi connectivity index (χ0v) is 32.3. The van der Waals surface area contributed by atoms with Crippen molar-refractivity contribution in [3.05, 3.63) is 136 Å². The van der Waals surface area contributed by atoms with Crippen LogP contribution in [0.5, 0.6) is 0 Å². The Morgan fingerprint density at radius 2 is 1.79 bits per heavy atom. The number of sulfonamides is 1. The Morgan fingerprint density at radius 3 is 2.40 bits per heavy atom. The number of hydrogen-bond acceptors (Lipinski definition) is 11. The second-order valence-corrected chi connectivity index (χ2v) is 15.3. The van der Waals surface area contributed by atoms with Gasteiger partial charge in [-0.15, -0.1) is 0 Å². The molecule has 5 N–H and O–H groups in total. The molecule has 2 aromatic heterocycles. The molecule has 4 heterocycles. The summed E-state index contributed by atoms with van der Waals surface area (Å²) in [7, 11) is -4.30. The van der Waals surface area contributed by atoms with Gasteiger partial charge >= 0.3 is 17.8 Å². The van der Waals surface area contributed by atoms with Crippen molar-refractivity contribution in [2.45, 2.75) is 87.4 Å². The van der Waals surface area contributed by atoms with E-state index in [0.717, 1.165) is 28.8 Å². The number of carbonyl (C=O) groups is 1. The van der Waals surface area contributed by atoms with E-state index in [0.29, 0.717) is 43.5 Å². The molecule has 0 fully saturated rings. The van der Waals surface area contributed by atoms with E-state index in [9.17, 15) is 40.7 Å². The molecule has 2 aliphatic rings. The van der Waals surface area contributed by atoms with Crippen LogP contribution in [0.15, 0.2) is 112 Å². The first-order valence-electron chi connectivity index (χ1n) is 18.3. The number of alkyl halides is 3. The van der Waals surface area contributed by atoms with Gasteiger partial charge in [-0.25, -0.2) is 19.0 Å². The molecule has 2 aromatic carbocycles. The number of nitrogens with one attached hydrogen (secondary N) is 1. The number of aliphatic hydroxyl groups excluding tert-OH is 2. The molecule has 4 atom stereocenters. The van der Waals surface area contributed by atoms with Crippen molar-refractivity contribution in [1.82, 2.24) is 14.5 Å². The number of nitrogens with zero attached hydrogens (tertiary/aromatic N) is 3. The lowest BCUT2D eigenvalue weighted by Crippen LogP contribution is -2.41. The number of hydrogen-bond donors (Lipinski definition) is 4. The largest absolute Gasteiger partial charge is 0.512 e. The van der Waals surface area contributed by atoms with Gasteiger partial charge < -0.3 is 25.4 Å². The maximum Gasteiger partial charge on any atom is 0.417 e. The molecule has 0 saturated heterocycles. The summed E-state index contributed by atoms with van der Waals surface area (Å²) in [4.78, 5) is 31.6. The van der Waals surface area contributed by atoms with Gasteiger partial charge in [0, 0.05) is 24.2 Å². The monoisotopic (exact) mass is 829 g/mol. The smallest absolute Gasteiger partial charge is 0.417 e. The highest BCUT2D eigenvalue weighted by atomic mass is 32.2. The van der Waals surface area contributed by atoms with E-state index in [1.807, 2.05) is 44.2 Å². The van der Waals surface area contributed by atoms with E-state index < -0.39 is 73.9 Å². The zero-order valence-electron chi connectivity index (χ0n) is 31.5. The number of ether oxygens (including phenoxy) is 2. The number of esters is 1. The number of rotatable bonds is 13. The number of benzene rings is 2. The van der Waals surface area contributed by atoms with E-state index in [1.165, 1.54) is 12.1 Å². The molecule has 13 nitrogen and oxygen atoms in total. The summed E-state index contributed by atoms with van der Waals surface area (Å²) in [6, 6.07) is 17.6. The minimum atomic E-state index is -4.65. The van der Waals surface area contributed by atoms with Gasteiger partial charge in [0.05, 0.1) is 23.9 Å². The van der Waals surface area contributed by atoms with Gasteiger partial charge in [-0.2, -0.15) is 26.6 Å². The Hall–Kier alpha value is -5.59. The van der Waals surface area contributed by atoms with Crippen LogP contribution in [-0.4, -0.2) is 57.4 Å². The summed E-state index contributed by atoms with van der Waals surface area (Å²) in [5.74, 6) is -2.46. The summed E-state index contributed by atoms with van der Waals surface area (Å²) >= 11 is 0. The minimum absolute atomic E-state index is 0.0421. The van der Waals surface area contributed by atoms with Gasteiger partial charge in [-0.05, 0) is 67.2 Å². The quantitative estimate of drug-likeness (QED) is 0.0633. The fourth-order valence-electron chi connectivity index (χ4n) is 6.76. The van der Waals surface area contributed by atoms with Crippen LogP contribution in [0.4, 0.5) is 29.1 Å². The molecule has 2 aliphatic heterocycles. The zero-order chi connectivity index (χ0) is 42.3. The normalized spacial score (nSPS) is 19.9. The van der Waals surface area contributed by atoms with Gasteiger partial charge in [0.15, 0.2) is 22.9 Å². The van der Waals surface area contributed by atoms with Crippen LogP contribution < -0.4 is 16.1 Å². The van der Waals surface area contributed by atoms with Crippen LogP contribution in [0.2, 0.25) is 0 Å². The molecule has 6 rings (SSSR count). The van der Waals surface area contributed by atoms with Gasteiger partial charge in [0.1, 0.15) is 17.5 Å². The fraction of sp³-hybridized carbons (Fsp3) is 0.350. The van der Waals surface area contributed by atoms with Crippen LogP contribution in [0.1, 0.15) is 74.8 Å². The molecule has 18 heteroatoms. The molecular formula is C40H43F4N5O8S. The van der Waals surface area contributed by atoms with Gasteiger partial charge in [-0.3, -0.25) is 9.29 Å². The van der Waals surface area contributed by atoms with E-state index in [4.69, 9.17) is 20.3 Å². The summed E-state index contributed by atoms with van der Waals surface area (Å²) in [6.07, 6.45) is 1.81.